The first-order valence-corrected chi connectivity index (χ1v) is 8.30. The smallest absolute Gasteiger partial charge is 0.258 e. The lowest BCUT2D eigenvalue weighted by atomic mass is 10.0. The van der Waals surface area contributed by atoms with E-state index in [2.05, 4.69) is 19.2 Å². The van der Waals surface area contributed by atoms with Crippen LogP contribution in [0, 0.1) is 0 Å². The van der Waals surface area contributed by atoms with E-state index in [4.69, 9.17) is 9.15 Å². The highest BCUT2D eigenvalue weighted by Gasteiger charge is 2.21. The van der Waals surface area contributed by atoms with Gasteiger partial charge in [-0.25, -0.2) is 0 Å². The number of carbonyl (C=O) groups excluding carboxylic acids is 1. The van der Waals surface area contributed by atoms with Crippen molar-refractivity contribution in [2.45, 2.75) is 25.8 Å². The summed E-state index contributed by atoms with van der Waals surface area (Å²) in [5, 5.41) is 2.91. The second-order valence-corrected chi connectivity index (χ2v) is 6.46. The molecule has 138 valence electrons. The van der Waals surface area contributed by atoms with E-state index in [0.29, 0.717) is 18.2 Å². The first-order valence-electron chi connectivity index (χ1n) is 8.30. The summed E-state index contributed by atoms with van der Waals surface area (Å²) in [7, 11) is 4.07. The molecule has 6 heteroatoms. The van der Waals surface area contributed by atoms with Crippen molar-refractivity contribution < 1.29 is 31.3 Å². The molecule has 25 heavy (non-hydrogen) atoms. The van der Waals surface area contributed by atoms with Crippen molar-refractivity contribution in [3.8, 4) is 5.75 Å². The molecule has 1 amide bonds. The number of ether oxygens (including phenoxy) is 1. The molecule has 0 saturated heterocycles. The minimum absolute atomic E-state index is 0. The van der Waals surface area contributed by atoms with Crippen molar-refractivity contribution >= 4 is 5.91 Å². The summed E-state index contributed by atoms with van der Waals surface area (Å²) < 4.78 is 11.0. The van der Waals surface area contributed by atoms with Gasteiger partial charge in [0.25, 0.3) is 5.91 Å². The van der Waals surface area contributed by atoms with E-state index >= 15 is 0 Å². The summed E-state index contributed by atoms with van der Waals surface area (Å²) in [6.07, 6.45) is 1.65. The average Bonchev–Trinajstić information content (AvgIpc) is 3.07. The van der Waals surface area contributed by atoms with Gasteiger partial charge in [0.05, 0.1) is 26.9 Å². The Morgan fingerprint density at radius 1 is 1.20 bits per heavy atom. The molecule has 0 saturated carbocycles. The van der Waals surface area contributed by atoms with Crippen LogP contribution >= 0.6 is 0 Å². The number of benzene rings is 1. The van der Waals surface area contributed by atoms with E-state index in [-0.39, 0.29) is 31.0 Å². The van der Waals surface area contributed by atoms with Gasteiger partial charge in [-0.3, -0.25) is 4.79 Å². The van der Waals surface area contributed by atoms with Gasteiger partial charge >= 0.3 is 0 Å². The Kier molecular flexibility index (Phi) is 8.52. The van der Waals surface area contributed by atoms with Gasteiger partial charge < -0.3 is 31.8 Å². The predicted molar refractivity (Wildman–Crippen MR) is 93.3 cm³/mol. The van der Waals surface area contributed by atoms with Gasteiger partial charge in [-0.05, 0) is 35.7 Å². The maximum atomic E-state index is 12.0. The number of likely N-dealkylation sites (N-methyl/N-ethyl adjacent to an activating group) is 1. The van der Waals surface area contributed by atoms with Crippen LogP contribution in [0.5, 0.6) is 5.75 Å². The van der Waals surface area contributed by atoms with Gasteiger partial charge in [0.1, 0.15) is 5.75 Å². The Labute approximate surface area is 155 Å². The van der Waals surface area contributed by atoms with Gasteiger partial charge in [-0.1, -0.05) is 26.0 Å². The van der Waals surface area contributed by atoms with E-state index in [1.807, 2.05) is 50.5 Å². The van der Waals surface area contributed by atoms with E-state index in [0.717, 1.165) is 5.76 Å². The summed E-state index contributed by atoms with van der Waals surface area (Å²) >= 11 is 0. The number of quaternary nitrogens is 1. The first-order chi connectivity index (χ1) is 11.5. The summed E-state index contributed by atoms with van der Waals surface area (Å²) in [6.45, 7) is 4.80. The third-order valence-electron chi connectivity index (χ3n) is 4.00. The molecule has 2 N–H and O–H groups in total. The highest BCUT2D eigenvalue weighted by atomic mass is 35.5. The topological polar surface area (TPSA) is 55.9 Å². The molecule has 0 radical (unpaired) electrons. The lowest BCUT2D eigenvalue weighted by Gasteiger charge is -2.19. The molecular formula is C19H27ClN2O3. The largest absolute Gasteiger partial charge is 1.00 e. The molecule has 5 nitrogen and oxygen atoms in total. The van der Waals surface area contributed by atoms with Gasteiger partial charge in [0.15, 0.2) is 18.4 Å². The fraction of sp³-hybridized carbons (Fsp3) is 0.421. The zero-order valence-corrected chi connectivity index (χ0v) is 16.0. The van der Waals surface area contributed by atoms with Crippen molar-refractivity contribution in [1.29, 1.82) is 0 Å². The van der Waals surface area contributed by atoms with Crippen molar-refractivity contribution in [2.24, 2.45) is 0 Å². The number of amides is 1. The molecule has 2 aromatic rings. The molecule has 2 rings (SSSR count). The predicted octanol–water partition coefficient (Wildman–Crippen LogP) is -1.21. The van der Waals surface area contributed by atoms with Crippen LogP contribution in [0.25, 0.3) is 0 Å². The minimum atomic E-state index is -0.138. The van der Waals surface area contributed by atoms with Gasteiger partial charge in [-0.2, -0.15) is 0 Å². The number of furan rings is 1. The summed E-state index contributed by atoms with van der Waals surface area (Å²) in [5.41, 5.74) is 1.25. The second kappa shape index (κ2) is 10.1. The van der Waals surface area contributed by atoms with Crippen LogP contribution in [-0.2, 0) is 4.79 Å². The maximum absolute atomic E-state index is 12.0. The number of hydrogen-bond acceptors (Lipinski definition) is 3. The van der Waals surface area contributed by atoms with Crippen LogP contribution in [0.3, 0.4) is 0 Å². The Morgan fingerprint density at radius 2 is 1.88 bits per heavy atom. The maximum Gasteiger partial charge on any atom is 0.258 e. The molecule has 0 aliphatic rings. The Hall–Kier alpha value is -1.98. The second-order valence-electron chi connectivity index (χ2n) is 6.46. The molecule has 1 unspecified atom stereocenters. The molecule has 1 atom stereocenters. The third-order valence-corrected chi connectivity index (χ3v) is 4.00. The van der Waals surface area contributed by atoms with Crippen LogP contribution in [0.4, 0.5) is 0 Å². The van der Waals surface area contributed by atoms with E-state index < -0.39 is 0 Å². The molecule has 1 heterocycles. The monoisotopic (exact) mass is 366 g/mol. The summed E-state index contributed by atoms with van der Waals surface area (Å²) in [4.78, 5) is 13.2. The third kappa shape index (κ3) is 6.44. The Morgan fingerprint density at radius 3 is 2.40 bits per heavy atom. The fourth-order valence-corrected chi connectivity index (χ4v) is 2.44. The van der Waals surface area contributed by atoms with Crippen LogP contribution in [0.1, 0.15) is 37.1 Å². The van der Waals surface area contributed by atoms with Crippen LogP contribution in [0.15, 0.2) is 47.1 Å². The SMILES string of the molecule is CC(C)c1ccc(OCC(=O)NCC(c2ccco2)[NH+](C)C)cc1.[Cl-]. The molecule has 1 aromatic carbocycles. The molecule has 1 aromatic heterocycles. The van der Waals surface area contributed by atoms with E-state index in [1.54, 1.807) is 6.26 Å². The lowest BCUT2D eigenvalue weighted by molar-refractivity contribution is -0.891. The van der Waals surface area contributed by atoms with Crippen LogP contribution < -0.4 is 27.4 Å². The van der Waals surface area contributed by atoms with Crippen LogP contribution in [0.2, 0.25) is 0 Å². The first kappa shape index (κ1) is 21.1. The van der Waals surface area contributed by atoms with Gasteiger partial charge in [0.2, 0.25) is 0 Å². The van der Waals surface area contributed by atoms with Crippen molar-refractivity contribution in [3.05, 3.63) is 54.0 Å². The zero-order chi connectivity index (χ0) is 17.5. The average molecular weight is 367 g/mol. The molecule has 0 spiro atoms. The number of hydrogen-bond donors (Lipinski definition) is 2. The summed E-state index contributed by atoms with van der Waals surface area (Å²) in [6, 6.07) is 11.7. The minimum Gasteiger partial charge on any atom is -1.00 e. The highest BCUT2D eigenvalue weighted by molar-refractivity contribution is 5.77. The van der Waals surface area contributed by atoms with Gasteiger partial charge in [-0.15, -0.1) is 0 Å². The van der Waals surface area contributed by atoms with Crippen molar-refractivity contribution in [3.63, 3.8) is 0 Å². The molecule has 0 aliphatic carbocycles. The Bertz CT molecular complexity index is 625. The van der Waals surface area contributed by atoms with E-state index in [1.165, 1.54) is 10.5 Å². The molecule has 0 bridgehead atoms. The number of rotatable bonds is 8. The Balaban J connectivity index is 0.00000312. The lowest BCUT2D eigenvalue weighted by Crippen LogP contribution is -3.07. The zero-order valence-electron chi connectivity index (χ0n) is 15.2. The van der Waals surface area contributed by atoms with Crippen molar-refractivity contribution in [1.82, 2.24) is 5.32 Å². The number of nitrogens with one attached hydrogen (secondary N) is 2. The quantitative estimate of drug-likeness (QED) is 0.616. The summed E-state index contributed by atoms with van der Waals surface area (Å²) in [5.74, 6) is 1.91. The number of halogens is 1. The van der Waals surface area contributed by atoms with E-state index in [9.17, 15) is 4.79 Å². The fourth-order valence-electron chi connectivity index (χ4n) is 2.44. The number of carbonyl (C=O) groups is 1. The normalized spacial score (nSPS) is 11.9. The molecule has 0 aliphatic heterocycles. The highest BCUT2D eigenvalue weighted by Crippen LogP contribution is 2.18. The van der Waals surface area contributed by atoms with Crippen molar-refractivity contribution in [2.75, 3.05) is 27.2 Å². The standard InChI is InChI=1S/C19H26N2O3.ClH/c1-14(2)15-7-9-16(10-8-15)24-13-19(22)20-12-17(21(3)4)18-6-5-11-23-18;/h5-11,14,17H,12-13H2,1-4H3,(H,20,22);1H. The molecular weight excluding hydrogens is 340 g/mol. The molecule has 0 fully saturated rings. The van der Waals surface area contributed by atoms with Crippen LogP contribution in [-0.4, -0.2) is 33.2 Å². The van der Waals surface area contributed by atoms with Gasteiger partial charge in [0, 0.05) is 0 Å².